The Morgan fingerprint density at radius 3 is 1.84 bits per heavy atom. The summed E-state index contributed by atoms with van der Waals surface area (Å²) in [5, 5.41) is 11.5. The second-order valence-electron chi connectivity index (χ2n) is 7.30. The Morgan fingerprint density at radius 2 is 1.48 bits per heavy atom. The summed E-state index contributed by atoms with van der Waals surface area (Å²) in [6, 6.07) is 20.9. The van der Waals surface area contributed by atoms with Crippen molar-refractivity contribution in [2.24, 2.45) is 0 Å². The number of benzene rings is 2. The maximum atomic E-state index is 9.19. The highest BCUT2D eigenvalue weighted by molar-refractivity contribution is 6.99. The van der Waals surface area contributed by atoms with Gasteiger partial charge in [-0.1, -0.05) is 87.4 Å². The zero-order valence-corrected chi connectivity index (χ0v) is 16.4. The van der Waals surface area contributed by atoms with Gasteiger partial charge in [-0.15, -0.1) is 6.42 Å². The van der Waals surface area contributed by atoms with Crippen LogP contribution in [0.1, 0.15) is 33.6 Å². The van der Waals surface area contributed by atoms with Gasteiger partial charge in [0.15, 0.2) is 0 Å². The molecule has 0 aromatic heterocycles. The fourth-order valence-corrected chi connectivity index (χ4v) is 7.99. The summed E-state index contributed by atoms with van der Waals surface area (Å²) in [7, 11) is -2.61. The highest BCUT2D eigenvalue weighted by Crippen LogP contribution is 2.37. The van der Waals surface area contributed by atoms with E-state index in [4.69, 9.17) is 10.8 Å². The molecule has 0 aliphatic carbocycles. The number of rotatable bonds is 7. The molecule has 25 heavy (non-hydrogen) atoms. The van der Waals surface area contributed by atoms with Crippen molar-refractivity contribution < 1.29 is 9.53 Å². The molecule has 0 amide bonds. The van der Waals surface area contributed by atoms with Crippen molar-refractivity contribution in [3.63, 3.8) is 0 Å². The first-order valence-corrected chi connectivity index (χ1v) is 10.7. The molecule has 2 rings (SSSR count). The maximum absolute atomic E-state index is 9.19. The van der Waals surface area contributed by atoms with Crippen LogP contribution in [0.4, 0.5) is 0 Å². The van der Waals surface area contributed by atoms with E-state index in [2.05, 4.69) is 75.2 Å². The predicted octanol–water partition coefficient (Wildman–Crippen LogP) is 3.34. The first kappa shape index (κ1) is 19.5. The van der Waals surface area contributed by atoms with Crippen LogP contribution in [0.2, 0.25) is 5.04 Å². The normalized spacial score (nSPS) is 13.2. The third-order valence-corrected chi connectivity index (χ3v) is 9.59. The van der Waals surface area contributed by atoms with Crippen LogP contribution in [-0.2, 0) is 4.43 Å². The minimum Gasteiger partial charge on any atom is -0.396 e. The molecule has 132 valence electrons. The molecule has 2 nitrogen and oxygen atoms in total. The Kier molecular flexibility index (Phi) is 6.61. The van der Waals surface area contributed by atoms with Gasteiger partial charge < -0.3 is 9.53 Å². The van der Waals surface area contributed by atoms with Crippen molar-refractivity contribution in [3.05, 3.63) is 60.7 Å². The number of aliphatic hydroxyl groups excluding tert-OH is 1. The third kappa shape index (κ3) is 4.22. The summed E-state index contributed by atoms with van der Waals surface area (Å²) in [5.74, 6) is 2.81. The Labute approximate surface area is 153 Å². The minimum atomic E-state index is -2.61. The van der Waals surface area contributed by atoms with Crippen molar-refractivity contribution in [2.75, 3.05) is 6.61 Å². The van der Waals surface area contributed by atoms with Gasteiger partial charge in [0.1, 0.15) is 6.10 Å². The van der Waals surface area contributed by atoms with Gasteiger partial charge in [0.2, 0.25) is 0 Å². The molecule has 0 bridgehead atoms. The second-order valence-corrected chi connectivity index (χ2v) is 11.6. The Hall–Kier alpha value is -1.86. The molecule has 2 aromatic rings. The number of hydrogen-bond donors (Lipinski definition) is 1. The SMILES string of the molecule is C#CC(CCCO)O[Si](c1ccccc1)(c1ccccc1)C(C)(C)C. The van der Waals surface area contributed by atoms with Gasteiger partial charge in [0.05, 0.1) is 0 Å². The molecule has 0 saturated carbocycles. The van der Waals surface area contributed by atoms with E-state index in [1.54, 1.807) is 0 Å². The van der Waals surface area contributed by atoms with E-state index in [0.717, 1.165) is 0 Å². The second kappa shape index (κ2) is 8.49. The van der Waals surface area contributed by atoms with Crippen molar-refractivity contribution >= 4 is 18.7 Å². The molecule has 1 atom stereocenters. The molecule has 0 aliphatic rings. The van der Waals surface area contributed by atoms with Crippen molar-refractivity contribution in [1.29, 1.82) is 0 Å². The lowest BCUT2D eigenvalue weighted by Gasteiger charge is -2.44. The van der Waals surface area contributed by atoms with Crippen LogP contribution in [0.5, 0.6) is 0 Å². The van der Waals surface area contributed by atoms with Crippen LogP contribution in [0.15, 0.2) is 60.7 Å². The summed E-state index contributed by atoms with van der Waals surface area (Å²) >= 11 is 0. The first-order chi connectivity index (χ1) is 12.0. The Bertz CT molecular complexity index is 644. The molecule has 1 N–H and O–H groups in total. The monoisotopic (exact) mass is 352 g/mol. The summed E-state index contributed by atoms with van der Waals surface area (Å²) < 4.78 is 6.82. The van der Waals surface area contributed by atoms with Crippen molar-refractivity contribution in [2.45, 2.75) is 44.8 Å². The Balaban J connectivity index is 2.62. The van der Waals surface area contributed by atoms with Crippen LogP contribution in [0.3, 0.4) is 0 Å². The topological polar surface area (TPSA) is 29.5 Å². The lowest BCUT2D eigenvalue weighted by atomic mass is 10.2. The van der Waals surface area contributed by atoms with Gasteiger partial charge in [0, 0.05) is 6.61 Å². The van der Waals surface area contributed by atoms with E-state index in [1.807, 2.05) is 12.1 Å². The summed E-state index contributed by atoms with van der Waals surface area (Å²) in [6.07, 6.45) is 6.79. The summed E-state index contributed by atoms with van der Waals surface area (Å²) in [6.45, 7) is 6.83. The minimum absolute atomic E-state index is 0.0932. The first-order valence-electron chi connectivity index (χ1n) is 8.81. The van der Waals surface area contributed by atoms with Gasteiger partial charge in [-0.05, 0) is 28.3 Å². The highest BCUT2D eigenvalue weighted by atomic mass is 28.4. The fraction of sp³-hybridized carbons (Fsp3) is 0.364. The number of terminal acetylenes is 1. The molecule has 0 spiro atoms. The molecule has 0 heterocycles. The van der Waals surface area contributed by atoms with Crippen LogP contribution in [0.25, 0.3) is 0 Å². The lowest BCUT2D eigenvalue weighted by Crippen LogP contribution is -2.67. The molecule has 0 aliphatic heterocycles. The van der Waals surface area contributed by atoms with E-state index < -0.39 is 8.32 Å². The van der Waals surface area contributed by atoms with E-state index in [-0.39, 0.29) is 17.7 Å². The molecule has 0 fully saturated rings. The molecular weight excluding hydrogens is 324 g/mol. The quantitative estimate of drug-likeness (QED) is 0.612. The molecule has 0 saturated heterocycles. The highest BCUT2D eigenvalue weighted by Gasteiger charge is 2.51. The molecule has 2 aromatic carbocycles. The average Bonchev–Trinajstić information content (AvgIpc) is 2.62. The van der Waals surface area contributed by atoms with E-state index >= 15 is 0 Å². The van der Waals surface area contributed by atoms with Crippen LogP contribution in [-0.4, -0.2) is 26.1 Å². The molecule has 3 heteroatoms. The predicted molar refractivity (Wildman–Crippen MR) is 108 cm³/mol. The van der Waals surface area contributed by atoms with Gasteiger partial charge in [0.25, 0.3) is 8.32 Å². The van der Waals surface area contributed by atoms with E-state index in [9.17, 15) is 5.11 Å². The maximum Gasteiger partial charge on any atom is 0.262 e. The van der Waals surface area contributed by atoms with E-state index in [0.29, 0.717) is 12.8 Å². The van der Waals surface area contributed by atoms with E-state index in [1.165, 1.54) is 10.4 Å². The van der Waals surface area contributed by atoms with Gasteiger partial charge in [-0.25, -0.2) is 0 Å². The largest absolute Gasteiger partial charge is 0.396 e. The number of hydrogen-bond acceptors (Lipinski definition) is 2. The molecule has 0 radical (unpaired) electrons. The van der Waals surface area contributed by atoms with Gasteiger partial charge in [-0.2, -0.15) is 0 Å². The van der Waals surface area contributed by atoms with Crippen LogP contribution >= 0.6 is 0 Å². The fourth-order valence-electron chi connectivity index (χ4n) is 3.36. The average molecular weight is 353 g/mol. The van der Waals surface area contributed by atoms with Gasteiger partial charge >= 0.3 is 0 Å². The smallest absolute Gasteiger partial charge is 0.262 e. The van der Waals surface area contributed by atoms with Crippen molar-refractivity contribution in [1.82, 2.24) is 0 Å². The zero-order chi connectivity index (χ0) is 18.3. The summed E-state index contributed by atoms with van der Waals surface area (Å²) in [5.41, 5.74) is 0. The Morgan fingerprint density at radius 1 is 1.00 bits per heavy atom. The third-order valence-electron chi connectivity index (χ3n) is 4.55. The van der Waals surface area contributed by atoms with Crippen LogP contribution < -0.4 is 10.4 Å². The lowest BCUT2D eigenvalue weighted by molar-refractivity contribution is 0.206. The van der Waals surface area contributed by atoms with Crippen LogP contribution in [0, 0.1) is 12.3 Å². The van der Waals surface area contributed by atoms with Gasteiger partial charge in [-0.3, -0.25) is 0 Å². The van der Waals surface area contributed by atoms with Crippen molar-refractivity contribution in [3.8, 4) is 12.3 Å². The summed E-state index contributed by atoms with van der Waals surface area (Å²) in [4.78, 5) is 0. The zero-order valence-electron chi connectivity index (χ0n) is 15.4. The molecular formula is C22H28O2Si. The number of aliphatic hydroxyl groups is 1. The molecule has 1 unspecified atom stereocenters. The standard InChI is InChI=1S/C22H28O2Si/c1-5-19(13-12-18-23)24-25(22(2,3)4,20-14-8-6-9-15-20)21-16-10-7-11-17-21/h1,6-11,14-17,19,23H,12-13,18H2,2-4H3.